The first-order valence-electron chi connectivity index (χ1n) is 6.76. The molecule has 1 N–H and O–H groups in total. The van der Waals surface area contributed by atoms with Crippen molar-refractivity contribution in [3.63, 3.8) is 0 Å². The summed E-state index contributed by atoms with van der Waals surface area (Å²) in [6.07, 6.45) is 0. The summed E-state index contributed by atoms with van der Waals surface area (Å²) in [6, 6.07) is 13.8. The van der Waals surface area contributed by atoms with E-state index in [2.05, 4.69) is 14.9 Å². The number of hydrogen-bond donors (Lipinski definition) is 1. The maximum atomic E-state index is 12.2. The molecule has 1 aromatic heterocycles. The molecule has 0 fully saturated rings. The van der Waals surface area contributed by atoms with Gasteiger partial charge < -0.3 is 0 Å². The first-order chi connectivity index (χ1) is 11.4. The van der Waals surface area contributed by atoms with Crippen molar-refractivity contribution in [2.45, 2.75) is 5.75 Å². The van der Waals surface area contributed by atoms with E-state index in [1.807, 2.05) is 0 Å². The average molecular weight is 400 g/mol. The zero-order valence-electron chi connectivity index (χ0n) is 12.1. The predicted octanol–water partition coefficient (Wildman–Crippen LogP) is 4.45. The van der Waals surface area contributed by atoms with E-state index in [4.69, 9.17) is 23.2 Å². The quantitative estimate of drug-likeness (QED) is 0.687. The highest BCUT2D eigenvalue weighted by Gasteiger charge is 2.15. The number of anilines is 1. The SMILES string of the molecule is O=S(=O)(Cc1cccc(Cl)c1)Nc1nnc(-c2ccc(Cl)cc2)s1. The third-order valence-corrected chi connectivity index (χ3v) is 5.73. The Morgan fingerprint density at radius 3 is 2.46 bits per heavy atom. The van der Waals surface area contributed by atoms with Crippen LogP contribution in [-0.4, -0.2) is 18.6 Å². The van der Waals surface area contributed by atoms with E-state index in [-0.39, 0.29) is 10.9 Å². The summed E-state index contributed by atoms with van der Waals surface area (Å²) in [5, 5.41) is 9.80. The molecule has 0 bridgehead atoms. The second-order valence-electron chi connectivity index (χ2n) is 4.91. The van der Waals surface area contributed by atoms with Crippen LogP contribution in [0.5, 0.6) is 0 Å². The van der Waals surface area contributed by atoms with Gasteiger partial charge in [-0.05, 0) is 29.8 Å². The molecule has 3 rings (SSSR count). The highest BCUT2D eigenvalue weighted by molar-refractivity contribution is 7.92. The van der Waals surface area contributed by atoms with Crippen LogP contribution in [0.25, 0.3) is 10.6 Å². The lowest BCUT2D eigenvalue weighted by Gasteiger charge is -2.05. The van der Waals surface area contributed by atoms with Gasteiger partial charge in [0.05, 0.1) is 5.75 Å². The molecule has 0 aliphatic carbocycles. The summed E-state index contributed by atoms with van der Waals surface area (Å²) in [4.78, 5) is 0. The fraction of sp³-hybridized carbons (Fsp3) is 0.0667. The molecule has 0 saturated carbocycles. The molecule has 0 radical (unpaired) electrons. The van der Waals surface area contributed by atoms with Crippen molar-refractivity contribution < 1.29 is 8.42 Å². The van der Waals surface area contributed by atoms with Crippen molar-refractivity contribution in [2.24, 2.45) is 0 Å². The zero-order chi connectivity index (χ0) is 17.2. The minimum atomic E-state index is -3.60. The molecule has 0 unspecified atom stereocenters. The summed E-state index contributed by atoms with van der Waals surface area (Å²) in [6.45, 7) is 0. The topological polar surface area (TPSA) is 72.0 Å². The fourth-order valence-electron chi connectivity index (χ4n) is 1.99. The van der Waals surface area contributed by atoms with Crippen LogP contribution in [0.4, 0.5) is 5.13 Å². The first-order valence-corrected chi connectivity index (χ1v) is 9.98. The van der Waals surface area contributed by atoms with Crippen LogP contribution < -0.4 is 4.72 Å². The number of rotatable bonds is 5. The summed E-state index contributed by atoms with van der Waals surface area (Å²) >= 11 is 12.9. The van der Waals surface area contributed by atoms with E-state index in [1.165, 1.54) is 0 Å². The second kappa shape index (κ2) is 7.06. The summed E-state index contributed by atoms with van der Waals surface area (Å²) < 4.78 is 26.9. The van der Waals surface area contributed by atoms with E-state index in [0.29, 0.717) is 20.6 Å². The van der Waals surface area contributed by atoms with Gasteiger partial charge in [-0.2, -0.15) is 0 Å². The molecule has 9 heteroatoms. The number of halogens is 2. The average Bonchev–Trinajstić information content (AvgIpc) is 2.95. The standard InChI is InChI=1S/C15H11Cl2N3O2S2/c16-12-6-4-11(5-7-12)14-18-19-15(23-14)20-24(21,22)9-10-2-1-3-13(17)8-10/h1-8H,9H2,(H,19,20). The Morgan fingerprint density at radius 1 is 1.00 bits per heavy atom. The van der Waals surface area contributed by atoms with Crippen molar-refractivity contribution in [1.82, 2.24) is 10.2 Å². The maximum absolute atomic E-state index is 12.2. The van der Waals surface area contributed by atoms with Crippen LogP contribution in [0.15, 0.2) is 48.5 Å². The van der Waals surface area contributed by atoms with Crippen LogP contribution >= 0.6 is 34.5 Å². The Bertz CT molecular complexity index is 957. The molecular formula is C15H11Cl2N3O2S2. The van der Waals surface area contributed by atoms with Crippen molar-refractivity contribution in [3.05, 3.63) is 64.1 Å². The van der Waals surface area contributed by atoms with Crippen LogP contribution in [0.1, 0.15) is 5.56 Å². The molecule has 3 aromatic rings. The van der Waals surface area contributed by atoms with Gasteiger partial charge >= 0.3 is 0 Å². The molecule has 0 spiro atoms. The van der Waals surface area contributed by atoms with Gasteiger partial charge in [0, 0.05) is 15.6 Å². The van der Waals surface area contributed by atoms with E-state index in [0.717, 1.165) is 16.9 Å². The number of nitrogens with zero attached hydrogens (tertiary/aromatic N) is 2. The summed E-state index contributed by atoms with van der Waals surface area (Å²) in [5.74, 6) is -0.191. The predicted molar refractivity (Wildman–Crippen MR) is 98.1 cm³/mol. The third-order valence-electron chi connectivity index (χ3n) is 3.00. The van der Waals surface area contributed by atoms with Crippen LogP contribution in [0, 0.1) is 0 Å². The van der Waals surface area contributed by atoms with Crippen LogP contribution in [-0.2, 0) is 15.8 Å². The lowest BCUT2D eigenvalue weighted by atomic mass is 10.2. The smallest absolute Gasteiger partial charge is 0.238 e. The number of aromatic nitrogens is 2. The molecule has 24 heavy (non-hydrogen) atoms. The zero-order valence-corrected chi connectivity index (χ0v) is 15.3. The van der Waals surface area contributed by atoms with Crippen LogP contribution in [0.2, 0.25) is 10.0 Å². The van der Waals surface area contributed by atoms with Crippen molar-refractivity contribution >= 4 is 49.7 Å². The van der Waals surface area contributed by atoms with Crippen molar-refractivity contribution in [3.8, 4) is 10.6 Å². The first kappa shape index (κ1) is 17.2. The van der Waals surface area contributed by atoms with Crippen LogP contribution in [0.3, 0.4) is 0 Å². The van der Waals surface area contributed by atoms with E-state index >= 15 is 0 Å². The lowest BCUT2D eigenvalue weighted by molar-refractivity contribution is 0.600. The number of sulfonamides is 1. The Kier molecular flexibility index (Phi) is 5.05. The molecule has 0 aliphatic rings. The van der Waals surface area contributed by atoms with Crippen molar-refractivity contribution in [1.29, 1.82) is 0 Å². The minimum Gasteiger partial charge on any atom is -0.257 e. The molecule has 124 valence electrons. The van der Waals surface area contributed by atoms with Gasteiger partial charge in [0.15, 0.2) is 0 Å². The molecule has 2 aromatic carbocycles. The van der Waals surface area contributed by atoms with Gasteiger partial charge in [-0.25, -0.2) is 8.42 Å². The number of nitrogens with one attached hydrogen (secondary N) is 1. The molecule has 5 nitrogen and oxygen atoms in total. The van der Waals surface area contributed by atoms with Gasteiger partial charge in [0.25, 0.3) is 0 Å². The molecule has 1 heterocycles. The van der Waals surface area contributed by atoms with Gasteiger partial charge in [0.1, 0.15) is 5.01 Å². The fourth-order valence-corrected chi connectivity index (χ4v) is 4.47. The van der Waals surface area contributed by atoms with E-state index in [1.54, 1.807) is 48.5 Å². The highest BCUT2D eigenvalue weighted by Crippen LogP contribution is 2.28. The normalized spacial score (nSPS) is 11.4. The Labute approximate surface area is 153 Å². The van der Waals surface area contributed by atoms with Gasteiger partial charge in [-0.1, -0.05) is 58.8 Å². The molecule has 0 saturated heterocycles. The largest absolute Gasteiger partial charge is 0.257 e. The number of hydrogen-bond acceptors (Lipinski definition) is 5. The molecule has 0 atom stereocenters. The van der Waals surface area contributed by atoms with Gasteiger partial charge in [-0.3, -0.25) is 4.72 Å². The van der Waals surface area contributed by atoms with Crippen molar-refractivity contribution in [2.75, 3.05) is 4.72 Å². The Balaban J connectivity index is 1.75. The van der Waals surface area contributed by atoms with Gasteiger partial charge in [-0.15, -0.1) is 10.2 Å². The Morgan fingerprint density at radius 2 is 1.75 bits per heavy atom. The lowest BCUT2D eigenvalue weighted by Crippen LogP contribution is -2.14. The number of benzene rings is 2. The van der Waals surface area contributed by atoms with Gasteiger partial charge in [0.2, 0.25) is 15.2 Å². The molecule has 0 aliphatic heterocycles. The molecule has 0 amide bonds. The molecular weight excluding hydrogens is 389 g/mol. The second-order valence-corrected chi connectivity index (χ2v) is 8.48. The van der Waals surface area contributed by atoms with E-state index in [9.17, 15) is 8.42 Å². The van der Waals surface area contributed by atoms with E-state index < -0.39 is 10.0 Å². The Hall–Kier alpha value is -1.67. The third kappa shape index (κ3) is 4.45. The highest BCUT2D eigenvalue weighted by atomic mass is 35.5. The summed E-state index contributed by atoms with van der Waals surface area (Å²) in [7, 11) is -3.60. The monoisotopic (exact) mass is 399 g/mol. The minimum absolute atomic E-state index is 0.191. The maximum Gasteiger partial charge on any atom is 0.238 e. The summed E-state index contributed by atoms with van der Waals surface area (Å²) in [5.41, 5.74) is 1.41.